The summed E-state index contributed by atoms with van der Waals surface area (Å²) in [7, 11) is 0. The summed E-state index contributed by atoms with van der Waals surface area (Å²) in [6.45, 7) is 3.24. The van der Waals surface area contributed by atoms with E-state index in [1.165, 1.54) is 4.90 Å². The van der Waals surface area contributed by atoms with Crippen LogP contribution in [0.3, 0.4) is 0 Å². The average molecular weight is 296 g/mol. The molecule has 7 heteroatoms. The van der Waals surface area contributed by atoms with Gasteiger partial charge in [-0.3, -0.25) is 9.69 Å². The number of carbonyl (C=O) groups is 2. The van der Waals surface area contributed by atoms with Gasteiger partial charge in [-0.2, -0.15) is 0 Å². The Morgan fingerprint density at radius 2 is 2.20 bits per heavy atom. The number of aliphatic carboxylic acids is 1. The number of nitrogens with zero attached hydrogens (tertiary/aromatic N) is 1. The first-order valence-electron chi connectivity index (χ1n) is 4.40. The quantitative estimate of drug-likeness (QED) is 0.417. The van der Waals surface area contributed by atoms with Crippen LogP contribution in [0.15, 0.2) is 0 Å². The van der Waals surface area contributed by atoms with Crippen LogP contribution in [0.4, 0.5) is 0 Å². The van der Waals surface area contributed by atoms with Crippen LogP contribution in [0.1, 0.15) is 13.8 Å². The van der Waals surface area contributed by atoms with Crippen molar-refractivity contribution < 1.29 is 19.2 Å². The second-order valence-electron chi connectivity index (χ2n) is 4.18. The maximum atomic E-state index is 12.0. The van der Waals surface area contributed by atoms with Crippen LogP contribution in [0, 0.1) is 0 Å². The number of carboxylic acid groups (broad SMARTS) is 1. The van der Waals surface area contributed by atoms with Gasteiger partial charge in [0.15, 0.2) is 15.6 Å². The summed E-state index contributed by atoms with van der Waals surface area (Å²) in [6, 6.07) is -0.982. The van der Waals surface area contributed by atoms with Gasteiger partial charge < -0.3 is 9.66 Å². The number of hydrogen-bond donors (Lipinski definition) is 1. The maximum Gasteiger partial charge on any atom is 0.332 e. The zero-order valence-electron chi connectivity index (χ0n) is 8.14. The molecule has 2 aliphatic heterocycles. The lowest BCUT2D eigenvalue weighted by Gasteiger charge is -2.37. The third-order valence-corrected chi connectivity index (χ3v) is 6.36. The molecule has 0 saturated carbocycles. The first-order valence-corrected chi connectivity index (χ1v) is 6.52. The van der Waals surface area contributed by atoms with Gasteiger partial charge in [-0.05, 0) is 25.0 Å². The third-order valence-electron chi connectivity index (χ3n) is 2.92. The molecule has 0 aromatic carbocycles. The minimum atomic E-state index is -1.35. The summed E-state index contributed by atoms with van der Waals surface area (Å²) >= 11 is 1.78. The SMILES string of the molecule is CC1(C)[C@H](C(=O)O)N2C(=O)[C@H](Br)[C@H]2[S+]1[O-]. The van der Waals surface area contributed by atoms with Crippen LogP contribution in [-0.4, -0.2) is 47.4 Å². The van der Waals surface area contributed by atoms with E-state index in [1.807, 2.05) is 0 Å². The topological polar surface area (TPSA) is 80.7 Å². The molecule has 0 aromatic heterocycles. The Bertz CT molecular complexity index is 348. The molecule has 5 nitrogen and oxygen atoms in total. The zero-order valence-corrected chi connectivity index (χ0v) is 10.5. The number of alkyl halides is 1. The summed E-state index contributed by atoms with van der Waals surface area (Å²) in [6.07, 6.45) is 0. The van der Waals surface area contributed by atoms with E-state index in [1.54, 1.807) is 13.8 Å². The molecule has 2 saturated heterocycles. The van der Waals surface area contributed by atoms with Crippen molar-refractivity contribution >= 4 is 39.0 Å². The Balaban J connectivity index is 2.40. The van der Waals surface area contributed by atoms with Gasteiger partial charge in [0, 0.05) is 0 Å². The van der Waals surface area contributed by atoms with Gasteiger partial charge in [-0.25, -0.2) is 4.79 Å². The van der Waals surface area contributed by atoms with Crippen molar-refractivity contribution in [2.45, 2.75) is 34.8 Å². The molecular weight excluding hydrogens is 286 g/mol. The smallest absolute Gasteiger partial charge is 0.332 e. The Kier molecular flexibility index (Phi) is 2.33. The summed E-state index contributed by atoms with van der Waals surface area (Å²) in [4.78, 5) is 23.3. The van der Waals surface area contributed by atoms with Gasteiger partial charge in [-0.15, -0.1) is 0 Å². The molecule has 84 valence electrons. The Morgan fingerprint density at radius 3 is 2.67 bits per heavy atom. The number of rotatable bonds is 1. The lowest BCUT2D eigenvalue weighted by atomic mass is 9.98. The monoisotopic (exact) mass is 295 g/mol. The van der Waals surface area contributed by atoms with Crippen molar-refractivity contribution in [3.63, 3.8) is 0 Å². The normalized spacial score (nSPS) is 42.4. The minimum absolute atomic E-state index is 0.286. The summed E-state index contributed by atoms with van der Waals surface area (Å²) in [5, 5.41) is 8.56. The molecule has 15 heavy (non-hydrogen) atoms. The number of carboxylic acids is 1. The van der Waals surface area contributed by atoms with E-state index in [0.717, 1.165) is 0 Å². The molecular formula is C8H10BrNO4S. The van der Waals surface area contributed by atoms with E-state index < -0.39 is 38.1 Å². The number of β-lactam (4-membered cyclic amide) rings is 1. The van der Waals surface area contributed by atoms with Crippen molar-refractivity contribution in [3.05, 3.63) is 0 Å². The summed E-state index contributed by atoms with van der Waals surface area (Å²) in [5.41, 5.74) is 0. The van der Waals surface area contributed by atoms with Crippen LogP contribution < -0.4 is 0 Å². The molecule has 0 radical (unpaired) electrons. The average Bonchev–Trinajstić information content (AvgIpc) is 2.32. The fraction of sp³-hybridized carbons (Fsp3) is 0.750. The Morgan fingerprint density at radius 1 is 1.67 bits per heavy atom. The maximum absolute atomic E-state index is 12.0. The van der Waals surface area contributed by atoms with Gasteiger partial charge in [0.1, 0.15) is 0 Å². The van der Waals surface area contributed by atoms with E-state index in [4.69, 9.17) is 5.11 Å². The second kappa shape index (κ2) is 3.11. The van der Waals surface area contributed by atoms with E-state index >= 15 is 0 Å². The molecule has 1 amide bonds. The Hall–Kier alpha value is -0.270. The highest BCUT2D eigenvalue weighted by molar-refractivity contribution is 9.10. The van der Waals surface area contributed by atoms with E-state index in [0.29, 0.717) is 0 Å². The van der Waals surface area contributed by atoms with Crippen molar-refractivity contribution in [2.24, 2.45) is 0 Å². The standard InChI is InChI=1S/C8H10BrNO4S/c1-8(2)4(7(12)13)10-5(11)3(9)6(10)15(8)14/h3-4,6H,1-2H3,(H,12,13)/t3-,4-,6+,15?/m0/s1. The predicted molar refractivity (Wildman–Crippen MR) is 57.0 cm³/mol. The first kappa shape index (κ1) is 11.2. The minimum Gasteiger partial charge on any atom is -0.614 e. The molecule has 0 aliphatic carbocycles. The molecule has 1 N–H and O–H groups in total. The Labute approximate surface area is 98.1 Å². The van der Waals surface area contributed by atoms with Gasteiger partial charge in [0.2, 0.25) is 11.3 Å². The predicted octanol–water partition coefficient (Wildman–Crippen LogP) is -0.0877. The first-order chi connectivity index (χ1) is 6.80. The highest BCUT2D eigenvalue weighted by atomic mass is 79.9. The van der Waals surface area contributed by atoms with Crippen molar-refractivity contribution in [3.8, 4) is 0 Å². The highest BCUT2D eigenvalue weighted by Gasteiger charge is 2.71. The van der Waals surface area contributed by atoms with Gasteiger partial charge in [-0.1, -0.05) is 15.9 Å². The molecule has 0 spiro atoms. The van der Waals surface area contributed by atoms with E-state index in [-0.39, 0.29) is 5.91 Å². The fourth-order valence-electron chi connectivity index (χ4n) is 2.11. The molecule has 4 atom stereocenters. The molecule has 2 heterocycles. The fourth-order valence-corrected chi connectivity index (χ4v) is 5.01. The molecule has 2 aliphatic rings. The lowest BCUT2D eigenvalue weighted by molar-refractivity contribution is -0.156. The number of carbonyl (C=O) groups excluding carboxylic acids is 1. The van der Waals surface area contributed by atoms with Crippen molar-refractivity contribution in [2.75, 3.05) is 0 Å². The summed E-state index contributed by atoms with van der Waals surface area (Å²) in [5.74, 6) is -1.38. The van der Waals surface area contributed by atoms with Crippen LogP contribution in [0.25, 0.3) is 0 Å². The highest BCUT2D eigenvalue weighted by Crippen LogP contribution is 2.47. The third kappa shape index (κ3) is 1.20. The molecule has 2 fully saturated rings. The summed E-state index contributed by atoms with van der Waals surface area (Å²) < 4.78 is 11.1. The molecule has 1 unspecified atom stereocenters. The molecule has 0 aromatic rings. The van der Waals surface area contributed by atoms with E-state index in [9.17, 15) is 14.1 Å². The largest absolute Gasteiger partial charge is 0.614 e. The molecule has 2 rings (SSSR count). The van der Waals surface area contributed by atoms with Gasteiger partial charge in [0.25, 0.3) is 0 Å². The van der Waals surface area contributed by atoms with Gasteiger partial charge in [0.05, 0.1) is 0 Å². The number of fused-ring (bicyclic) bond motifs is 1. The van der Waals surface area contributed by atoms with Crippen molar-refractivity contribution in [1.29, 1.82) is 0 Å². The lowest BCUT2D eigenvalue weighted by Crippen LogP contribution is -2.64. The van der Waals surface area contributed by atoms with Crippen LogP contribution >= 0.6 is 15.9 Å². The zero-order chi connectivity index (χ0) is 11.5. The number of hydrogen-bond acceptors (Lipinski definition) is 3. The van der Waals surface area contributed by atoms with Crippen LogP contribution in [0.2, 0.25) is 0 Å². The van der Waals surface area contributed by atoms with Crippen molar-refractivity contribution in [1.82, 2.24) is 4.90 Å². The number of halogens is 1. The number of amides is 1. The van der Waals surface area contributed by atoms with Crippen LogP contribution in [0.5, 0.6) is 0 Å². The van der Waals surface area contributed by atoms with E-state index in [2.05, 4.69) is 15.9 Å². The molecule has 0 bridgehead atoms. The second-order valence-corrected chi connectivity index (χ2v) is 7.30. The van der Waals surface area contributed by atoms with Crippen LogP contribution in [-0.2, 0) is 20.8 Å². The van der Waals surface area contributed by atoms with Gasteiger partial charge >= 0.3 is 5.97 Å².